The van der Waals surface area contributed by atoms with E-state index in [0.717, 1.165) is 12.5 Å². The van der Waals surface area contributed by atoms with Gasteiger partial charge in [0.05, 0.1) is 29.5 Å². The molecule has 0 aliphatic heterocycles. The molecule has 0 spiro atoms. The topological polar surface area (TPSA) is 356 Å². The highest BCUT2D eigenvalue weighted by Gasteiger charge is 2.74. The van der Waals surface area contributed by atoms with Crippen molar-refractivity contribution in [3.63, 3.8) is 0 Å². The Labute approximate surface area is 563 Å². The number of esters is 3. The fourth-order valence-electron chi connectivity index (χ4n) is 15.1. The van der Waals surface area contributed by atoms with Crippen molar-refractivity contribution in [2.24, 2.45) is 51.4 Å². The molecule has 2 bridgehead atoms. The Kier molecular flexibility index (Phi) is 23.8. The molecule has 23 heteroatoms. The molecule has 22 nitrogen and oxygen atoms in total. The SMILES string of the molecule is CC1=C2[C@@H](C)C(=O)[C@@]3(C)[C@H]([C@H](OC(=O)c4ccccc4)[C@](O)(C[C@@H]1OC(=O)[C@H](OC(=O)CCC(=O)NCCCCC(NC(=O)CC[C@H](CC(=O)C(C)NC(=O)/C=C/c1cccc(F)c1)C(N)=O)C(N)=O)[C@H](NC(=O)c1ccccc1)c1ccccc1)C2(C)C)[C@]1(C)CC[C@@H]1C[C@@H]3O. The molecule has 4 aromatic rings. The predicted octanol–water partition coefficient (Wildman–Crippen LogP) is 6.94. The molecule has 0 aromatic heterocycles. The van der Waals surface area contributed by atoms with Gasteiger partial charge in [0.2, 0.25) is 35.6 Å². The normalized spacial score (nSPS) is 25.4. The number of Topliss-reactive ketones (excluding diaryl/α,β-unsaturated/α-hetero) is 2. The predicted molar refractivity (Wildman–Crippen MR) is 354 cm³/mol. The molecular formula is C74H89FN6O16. The van der Waals surface area contributed by atoms with Gasteiger partial charge in [-0.25, -0.2) is 14.0 Å². The van der Waals surface area contributed by atoms with Gasteiger partial charge in [-0.1, -0.05) is 107 Å². The van der Waals surface area contributed by atoms with Crippen LogP contribution in [0.15, 0.2) is 132 Å². The zero-order valence-corrected chi connectivity index (χ0v) is 55.8. The Balaban J connectivity index is 0.934. The molecule has 4 aliphatic rings. The zero-order chi connectivity index (χ0) is 70.7. The van der Waals surface area contributed by atoms with Gasteiger partial charge in [-0.15, -0.1) is 0 Å². The molecule has 0 radical (unpaired) electrons. The van der Waals surface area contributed by atoms with Crippen molar-refractivity contribution in [2.45, 2.75) is 174 Å². The van der Waals surface area contributed by atoms with Crippen LogP contribution in [0.5, 0.6) is 0 Å². The second kappa shape index (κ2) is 31.3. The molecular weight excluding hydrogens is 1250 g/mol. The van der Waals surface area contributed by atoms with Gasteiger partial charge in [-0.3, -0.25) is 43.2 Å². The zero-order valence-electron chi connectivity index (χ0n) is 55.8. The van der Waals surface area contributed by atoms with E-state index in [9.17, 15) is 57.8 Å². The number of hydrogen-bond acceptors (Lipinski definition) is 16. The third-order valence-electron chi connectivity index (χ3n) is 20.8. The van der Waals surface area contributed by atoms with Crippen LogP contribution >= 0.6 is 0 Å². The highest BCUT2D eigenvalue weighted by molar-refractivity contribution is 5.98. The van der Waals surface area contributed by atoms with E-state index < -0.39 is 166 Å². The van der Waals surface area contributed by atoms with Crippen molar-refractivity contribution in [3.8, 4) is 0 Å². The van der Waals surface area contributed by atoms with Crippen LogP contribution in [0.4, 0.5) is 4.39 Å². The number of carbonyl (C=O) groups excluding carboxylic acids is 11. The number of unbranched alkanes of at least 4 members (excludes halogenated alkanes) is 1. The average Bonchev–Trinajstić information content (AvgIpc) is 0.674. The van der Waals surface area contributed by atoms with Crippen molar-refractivity contribution in [1.29, 1.82) is 0 Å². The third-order valence-corrected chi connectivity index (χ3v) is 20.8. The first-order chi connectivity index (χ1) is 45.9. The van der Waals surface area contributed by atoms with Gasteiger partial charge in [0, 0.05) is 67.0 Å². The third kappa shape index (κ3) is 16.6. The van der Waals surface area contributed by atoms with E-state index in [4.69, 9.17) is 25.7 Å². The van der Waals surface area contributed by atoms with Gasteiger partial charge in [0.25, 0.3) is 5.91 Å². The maximum atomic E-state index is 15.6. The lowest BCUT2D eigenvalue weighted by atomic mass is 9.37. The van der Waals surface area contributed by atoms with Crippen LogP contribution in [0, 0.1) is 45.7 Å². The van der Waals surface area contributed by atoms with Crippen LogP contribution in [-0.2, 0) is 57.4 Å². The van der Waals surface area contributed by atoms with Gasteiger partial charge in [0.15, 0.2) is 5.78 Å². The molecule has 0 heterocycles. The Bertz CT molecular complexity index is 3680. The van der Waals surface area contributed by atoms with E-state index in [1.165, 1.54) is 31.2 Å². The number of nitrogens with one attached hydrogen (secondary N) is 4. The summed E-state index contributed by atoms with van der Waals surface area (Å²) in [5.74, 6) is -11.7. The number of ketones is 2. The minimum absolute atomic E-state index is 0.0463. The molecule has 14 atom stereocenters. The fourth-order valence-corrected chi connectivity index (χ4v) is 15.1. The van der Waals surface area contributed by atoms with E-state index in [-0.39, 0.29) is 67.9 Å². The Morgan fingerprint density at radius 1 is 0.763 bits per heavy atom. The van der Waals surface area contributed by atoms with Crippen molar-refractivity contribution in [1.82, 2.24) is 21.3 Å². The molecule has 3 fully saturated rings. The molecule has 10 N–H and O–H groups in total. The number of rotatable bonds is 29. The lowest BCUT2D eigenvalue weighted by molar-refractivity contribution is -0.265. The maximum Gasteiger partial charge on any atom is 0.350 e. The smallest absolute Gasteiger partial charge is 0.350 e. The summed E-state index contributed by atoms with van der Waals surface area (Å²) in [5, 5.41) is 36.7. The minimum Gasteiger partial charge on any atom is -0.455 e. The van der Waals surface area contributed by atoms with Crippen molar-refractivity contribution < 1.29 is 81.6 Å². The standard InChI is InChI=1S/C74H89FN6O16/c1-42-54(41-74(94)65(97-69(92)48-25-15-10-16-26-48)63-72(6)36-35-50(72)40-55(83)73(63,7)64(88)43(2)60(42)71(74,4)5)95-70(93)62(61(46-21-11-8-12-22-46)81-68(91)47-23-13-9-14-24-47)96-59(87)34-33-56(84)78-37-18-17-28-52(67(77)90)80-58(86)32-30-49(66(76)89)39-53(82)44(3)79-57(85)31-29-45-20-19-27-51(75)38-45/h8-16,19-27,29,31,38,43-44,49-50,52,54-55,61-63,65,83,94H,17-18,28,30,32-37,39-41H2,1-7H3,(H2,76,89)(H2,77,90)(H,78,84)(H,79,85)(H,80,86)(H,81,91)/b31-29+/t43-,44?,49-,50-,52?,54+,55+,61-,62-,63-,65+,72-,73-,74-/m1/s1. The average molecular weight is 1340 g/mol. The number of nitrogens with two attached hydrogens (primary N) is 2. The Morgan fingerprint density at radius 2 is 1.41 bits per heavy atom. The van der Waals surface area contributed by atoms with E-state index in [0.29, 0.717) is 35.1 Å². The number of halogens is 1. The molecule has 4 aliphatic carbocycles. The summed E-state index contributed by atoms with van der Waals surface area (Å²) in [6.07, 6.45) is -3.47. The van der Waals surface area contributed by atoms with Crippen LogP contribution in [0.3, 0.4) is 0 Å². The first-order valence-corrected chi connectivity index (χ1v) is 33.0. The number of hydrogen-bond donors (Lipinski definition) is 8. The van der Waals surface area contributed by atoms with Crippen LogP contribution < -0.4 is 32.7 Å². The number of ether oxygens (including phenoxy) is 3. The second-order valence-corrected chi connectivity index (χ2v) is 27.2. The number of amides is 6. The van der Waals surface area contributed by atoms with E-state index in [2.05, 4.69) is 21.3 Å². The minimum atomic E-state index is -2.11. The number of primary amides is 2. The summed E-state index contributed by atoms with van der Waals surface area (Å²) in [5.41, 5.74) is 7.43. The van der Waals surface area contributed by atoms with Crippen LogP contribution in [0.2, 0.25) is 0 Å². The summed E-state index contributed by atoms with van der Waals surface area (Å²) >= 11 is 0. The van der Waals surface area contributed by atoms with Crippen LogP contribution in [-0.4, -0.2) is 124 Å². The molecule has 0 saturated heterocycles. The lowest BCUT2D eigenvalue weighted by Gasteiger charge is -2.68. The highest BCUT2D eigenvalue weighted by atomic mass is 19.1. The molecule has 518 valence electrons. The van der Waals surface area contributed by atoms with Gasteiger partial charge in [-0.05, 0) is 142 Å². The van der Waals surface area contributed by atoms with Crippen LogP contribution in [0.25, 0.3) is 6.08 Å². The number of benzene rings is 4. The lowest BCUT2D eigenvalue weighted by Crippen LogP contribution is -2.74. The second-order valence-electron chi connectivity index (χ2n) is 27.2. The Morgan fingerprint density at radius 3 is 2.03 bits per heavy atom. The number of aliphatic hydroxyl groups is 2. The van der Waals surface area contributed by atoms with Crippen molar-refractivity contribution >= 4 is 71.0 Å². The monoisotopic (exact) mass is 1340 g/mol. The van der Waals surface area contributed by atoms with E-state index in [1.807, 2.05) is 6.92 Å². The van der Waals surface area contributed by atoms with Crippen LogP contribution in [0.1, 0.15) is 163 Å². The first-order valence-electron chi connectivity index (χ1n) is 33.0. The summed E-state index contributed by atoms with van der Waals surface area (Å²) in [7, 11) is 0. The summed E-state index contributed by atoms with van der Waals surface area (Å²) in [4.78, 5) is 150. The van der Waals surface area contributed by atoms with Gasteiger partial charge in [-0.2, -0.15) is 0 Å². The summed E-state index contributed by atoms with van der Waals surface area (Å²) in [6.45, 7) is 12.1. The largest absolute Gasteiger partial charge is 0.455 e. The number of aliphatic hydroxyl groups excluding tert-OH is 1. The van der Waals surface area contributed by atoms with Crippen molar-refractivity contribution in [3.05, 3.63) is 161 Å². The fraction of sp³-hybridized carbons (Fsp3) is 0.473. The van der Waals surface area contributed by atoms with Gasteiger partial charge in [0.1, 0.15) is 41.5 Å². The van der Waals surface area contributed by atoms with Crippen molar-refractivity contribution in [2.75, 3.05) is 6.54 Å². The first kappa shape index (κ1) is 73.6. The van der Waals surface area contributed by atoms with E-state index >= 15 is 9.59 Å². The summed E-state index contributed by atoms with van der Waals surface area (Å²) < 4.78 is 32.7. The molecule has 4 aromatic carbocycles. The summed E-state index contributed by atoms with van der Waals surface area (Å²) in [6, 6.07) is 26.4. The quantitative estimate of drug-likeness (QED) is 0.00897. The molecule has 8 rings (SSSR count). The maximum absolute atomic E-state index is 15.6. The molecule has 2 unspecified atom stereocenters. The van der Waals surface area contributed by atoms with E-state index in [1.54, 1.807) is 132 Å². The Hall–Kier alpha value is -9.22. The van der Waals surface area contributed by atoms with Gasteiger partial charge >= 0.3 is 17.9 Å². The number of fused-ring (bicyclic) bond motifs is 5. The number of carbonyl (C=O) groups is 11. The molecule has 97 heavy (non-hydrogen) atoms. The molecule has 3 saturated carbocycles. The molecule has 6 amide bonds. The van der Waals surface area contributed by atoms with Gasteiger partial charge < -0.3 is 57.2 Å². The highest BCUT2D eigenvalue weighted by Crippen LogP contribution is 2.70.